The van der Waals surface area contributed by atoms with Gasteiger partial charge in [0.1, 0.15) is 5.75 Å². The van der Waals surface area contributed by atoms with Crippen molar-refractivity contribution in [2.45, 2.75) is 27.7 Å². The van der Waals surface area contributed by atoms with E-state index >= 15 is 0 Å². The summed E-state index contributed by atoms with van der Waals surface area (Å²) in [6.07, 6.45) is 0. The summed E-state index contributed by atoms with van der Waals surface area (Å²) in [5.41, 5.74) is 5.21. The third kappa shape index (κ3) is 4.09. The number of aryl methyl sites for hydroxylation is 4. The van der Waals surface area contributed by atoms with E-state index in [0.29, 0.717) is 0 Å². The number of carbonyl (C=O) groups excluding carboxylic acids is 1. The van der Waals surface area contributed by atoms with E-state index < -0.39 is 0 Å². The highest BCUT2D eigenvalue weighted by Crippen LogP contribution is 2.19. The lowest BCUT2D eigenvalue weighted by Crippen LogP contribution is -2.21. The van der Waals surface area contributed by atoms with Crippen LogP contribution in [0.1, 0.15) is 22.3 Å². The van der Waals surface area contributed by atoms with Gasteiger partial charge in [0.05, 0.1) is 0 Å². The van der Waals surface area contributed by atoms with Crippen molar-refractivity contribution in [2.24, 2.45) is 0 Å². The van der Waals surface area contributed by atoms with E-state index in [4.69, 9.17) is 4.74 Å². The van der Waals surface area contributed by atoms with E-state index in [0.717, 1.165) is 28.1 Å². The second-order valence-corrected chi connectivity index (χ2v) is 5.42. The number of nitrogens with one attached hydrogen (secondary N) is 1. The molecule has 0 aliphatic rings. The molecular formula is C18H21NO2. The van der Waals surface area contributed by atoms with Crippen LogP contribution in [0.2, 0.25) is 0 Å². The van der Waals surface area contributed by atoms with Crippen LogP contribution in [0.5, 0.6) is 5.75 Å². The van der Waals surface area contributed by atoms with Gasteiger partial charge in [0.25, 0.3) is 5.91 Å². The summed E-state index contributed by atoms with van der Waals surface area (Å²) in [5.74, 6) is 0.598. The first-order valence-corrected chi connectivity index (χ1v) is 7.03. The highest BCUT2D eigenvalue weighted by atomic mass is 16.5. The Kier molecular flexibility index (Phi) is 4.63. The molecule has 0 fully saturated rings. The van der Waals surface area contributed by atoms with Gasteiger partial charge in [-0.1, -0.05) is 29.8 Å². The van der Waals surface area contributed by atoms with Gasteiger partial charge >= 0.3 is 0 Å². The largest absolute Gasteiger partial charge is 0.483 e. The molecule has 1 amide bonds. The van der Waals surface area contributed by atoms with Gasteiger partial charge in [0.2, 0.25) is 0 Å². The van der Waals surface area contributed by atoms with Crippen molar-refractivity contribution in [3.8, 4) is 5.75 Å². The molecule has 0 saturated heterocycles. The Morgan fingerprint density at radius 1 is 0.952 bits per heavy atom. The number of carbonyl (C=O) groups is 1. The lowest BCUT2D eigenvalue weighted by Gasteiger charge is -2.12. The lowest BCUT2D eigenvalue weighted by molar-refractivity contribution is -0.118. The van der Waals surface area contributed by atoms with Crippen LogP contribution < -0.4 is 10.1 Å². The van der Waals surface area contributed by atoms with Crippen molar-refractivity contribution in [1.29, 1.82) is 0 Å². The van der Waals surface area contributed by atoms with Crippen molar-refractivity contribution < 1.29 is 9.53 Å². The van der Waals surface area contributed by atoms with Gasteiger partial charge in [-0.05, 0) is 56.5 Å². The maximum Gasteiger partial charge on any atom is 0.262 e. The average molecular weight is 283 g/mol. The Labute approximate surface area is 126 Å². The van der Waals surface area contributed by atoms with E-state index in [2.05, 4.69) is 5.32 Å². The van der Waals surface area contributed by atoms with Gasteiger partial charge in [-0.2, -0.15) is 0 Å². The maximum atomic E-state index is 12.0. The molecule has 0 aromatic heterocycles. The molecule has 3 heteroatoms. The number of hydrogen-bond acceptors (Lipinski definition) is 2. The Bertz CT molecular complexity index is 662. The van der Waals surface area contributed by atoms with Crippen LogP contribution in [0.4, 0.5) is 5.69 Å². The first-order chi connectivity index (χ1) is 9.95. The average Bonchev–Trinajstić information content (AvgIpc) is 2.42. The zero-order valence-corrected chi connectivity index (χ0v) is 13.0. The molecule has 3 nitrogen and oxygen atoms in total. The zero-order valence-electron chi connectivity index (χ0n) is 13.0. The lowest BCUT2D eigenvalue weighted by atomic mass is 10.1. The van der Waals surface area contributed by atoms with Gasteiger partial charge in [-0.3, -0.25) is 4.79 Å². The van der Waals surface area contributed by atoms with Gasteiger partial charge < -0.3 is 10.1 Å². The molecular weight excluding hydrogens is 262 g/mol. The van der Waals surface area contributed by atoms with Gasteiger partial charge in [-0.15, -0.1) is 0 Å². The summed E-state index contributed by atoms with van der Waals surface area (Å²) < 4.78 is 5.58. The Balaban J connectivity index is 1.97. The molecule has 0 aliphatic heterocycles. The second kappa shape index (κ2) is 6.44. The molecule has 2 aromatic carbocycles. The smallest absolute Gasteiger partial charge is 0.262 e. The number of anilines is 1. The molecule has 110 valence electrons. The maximum absolute atomic E-state index is 12.0. The Morgan fingerprint density at radius 3 is 2.33 bits per heavy atom. The number of amides is 1. The molecule has 2 rings (SSSR count). The van der Waals surface area contributed by atoms with E-state index in [1.165, 1.54) is 5.56 Å². The van der Waals surface area contributed by atoms with Crippen LogP contribution in [-0.4, -0.2) is 12.5 Å². The first-order valence-electron chi connectivity index (χ1n) is 7.03. The van der Waals surface area contributed by atoms with Crippen molar-refractivity contribution >= 4 is 11.6 Å². The number of hydrogen-bond donors (Lipinski definition) is 1. The Hall–Kier alpha value is -2.29. The van der Waals surface area contributed by atoms with Crippen molar-refractivity contribution in [2.75, 3.05) is 11.9 Å². The van der Waals surface area contributed by atoms with Crippen LogP contribution in [-0.2, 0) is 4.79 Å². The van der Waals surface area contributed by atoms with Crippen molar-refractivity contribution in [3.05, 3.63) is 58.7 Å². The SMILES string of the molecule is Cc1ccc(OCC(=O)Nc2cc(C)ccc2C)c(C)c1. The molecule has 0 aliphatic carbocycles. The van der Waals surface area contributed by atoms with Crippen molar-refractivity contribution in [1.82, 2.24) is 0 Å². The standard InChI is InChI=1S/C18H21NO2/c1-12-6-8-17(15(4)9-12)21-11-18(20)19-16-10-13(2)5-7-14(16)3/h5-10H,11H2,1-4H3,(H,19,20). The summed E-state index contributed by atoms with van der Waals surface area (Å²) in [5, 5.41) is 2.89. The minimum absolute atomic E-state index is 0.0112. The van der Waals surface area contributed by atoms with Crippen molar-refractivity contribution in [3.63, 3.8) is 0 Å². The fraction of sp³-hybridized carbons (Fsp3) is 0.278. The molecule has 0 radical (unpaired) electrons. The minimum Gasteiger partial charge on any atom is -0.483 e. The van der Waals surface area contributed by atoms with Crippen LogP contribution in [0.3, 0.4) is 0 Å². The molecule has 0 spiro atoms. The molecule has 0 saturated carbocycles. The molecule has 0 unspecified atom stereocenters. The highest BCUT2D eigenvalue weighted by molar-refractivity contribution is 5.92. The highest BCUT2D eigenvalue weighted by Gasteiger charge is 2.07. The minimum atomic E-state index is -0.149. The molecule has 21 heavy (non-hydrogen) atoms. The van der Waals surface area contributed by atoms with Crippen LogP contribution in [0.15, 0.2) is 36.4 Å². The molecule has 0 atom stereocenters. The molecule has 0 bridgehead atoms. The fourth-order valence-electron chi connectivity index (χ4n) is 2.16. The predicted molar refractivity (Wildman–Crippen MR) is 86.0 cm³/mol. The summed E-state index contributed by atoms with van der Waals surface area (Å²) in [6, 6.07) is 11.9. The van der Waals surface area contributed by atoms with Gasteiger partial charge in [0.15, 0.2) is 6.61 Å². The fourth-order valence-corrected chi connectivity index (χ4v) is 2.16. The summed E-state index contributed by atoms with van der Waals surface area (Å²) in [7, 11) is 0. The van der Waals surface area contributed by atoms with E-state index in [9.17, 15) is 4.79 Å². The third-order valence-electron chi connectivity index (χ3n) is 3.36. The first kappa shape index (κ1) is 15.1. The molecule has 0 heterocycles. The Morgan fingerprint density at radius 2 is 1.62 bits per heavy atom. The normalized spacial score (nSPS) is 10.3. The summed E-state index contributed by atoms with van der Waals surface area (Å²) >= 11 is 0. The number of ether oxygens (including phenoxy) is 1. The third-order valence-corrected chi connectivity index (χ3v) is 3.36. The summed E-state index contributed by atoms with van der Waals surface area (Å²) in [6.45, 7) is 7.99. The summed E-state index contributed by atoms with van der Waals surface area (Å²) in [4.78, 5) is 12.0. The monoisotopic (exact) mass is 283 g/mol. The number of benzene rings is 2. The van der Waals surface area contributed by atoms with E-state index in [1.54, 1.807) is 0 Å². The topological polar surface area (TPSA) is 38.3 Å². The zero-order chi connectivity index (χ0) is 15.4. The van der Waals surface area contributed by atoms with Crippen LogP contribution >= 0.6 is 0 Å². The molecule has 1 N–H and O–H groups in total. The predicted octanol–water partition coefficient (Wildman–Crippen LogP) is 3.94. The van der Waals surface area contributed by atoms with Crippen LogP contribution in [0, 0.1) is 27.7 Å². The molecule has 2 aromatic rings. The van der Waals surface area contributed by atoms with Gasteiger partial charge in [0, 0.05) is 5.69 Å². The van der Waals surface area contributed by atoms with Crippen LogP contribution in [0.25, 0.3) is 0 Å². The number of rotatable bonds is 4. The second-order valence-electron chi connectivity index (χ2n) is 5.42. The quantitative estimate of drug-likeness (QED) is 0.923. The van der Waals surface area contributed by atoms with E-state index in [1.807, 2.05) is 64.1 Å². The van der Waals surface area contributed by atoms with Gasteiger partial charge in [-0.25, -0.2) is 0 Å². The van der Waals surface area contributed by atoms with E-state index in [-0.39, 0.29) is 12.5 Å².